The molecule has 0 aromatic rings. The molecule has 1 amide bonds. The maximum Gasteiger partial charge on any atom is 0.234 e. The van der Waals surface area contributed by atoms with Crippen molar-refractivity contribution in [1.82, 2.24) is 5.32 Å². The second-order valence-electron chi connectivity index (χ2n) is 4.37. The Morgan fingerprint density at radius 1 is 1.18 bits per heavy atom. The molecule has 0 aliphatic heterocycles. The molecule has 1 atom stereocenters. The van der Waals surface area contributed by atoms with Crippen molar-refractivity contribution >= 4 is 5.91 Å². The van der Waals surface area contributed by atoms with Crippen LogP contribution in [0.25, 0.3) is 0 Å². The molecule has 0 aromatic carbocycles. The maximum absolute atomic E-state index is 11.1. The van der Waals surface area contributed by atoms with E-state index in [1.165, 1.54) is 19.3 Å². The van der Waals surface area contributed by atoms with Crippen LogP contribution in [0.5, 0.6) is 0 Å². The van der Waals surface area contributed by atoms with Crippen molar-refractivity contribution in [3.05, 3.63) is 0 Å². The van der Waals surface area contributed by atoms with E-state index in [0.29, 0.717) is 13.0 Å². The number of carbonyl (C=O) groups is 1. The molecule has 0 aromatic heterocycles. The van der Waals surface area contributed by atoms with Crippen LogP contribution in [0.3, 0.4) is 0 Å². The van der Waals surface area contributed by atoms with E-state index in [-0.39, 0.29) is 11.9 Å². The SMILES string of the molecule is CCCCCCOCCC(NCCC)C(N)=O. The van der Waals surface area contributed by atoms with E-state index in [1.807, 2.05) is 0 Å². The first-order valence-corrected chi connectivity index (χ1v) is 6.82. The number of carbonyl (C=O) groups excluding carboxylic acids is 1. The van der Waals surface area contributed by atoms with E-state index in [1.54, 1.807) is 0 Å². The fraction of sp³-hybridized carbons (Fsp3) is 0.923. The van der Waals surface area contributed by atoms with E-state index in [0.717, 1.165) is 26.0 Å². The Bertz CT molecular complexity index is 186. The number of nitrogens with one attached hydrogen (secondary N) is 1. The lowest BCUT2D eigenvalue weighted by atomic mass is 10.2. The molecule has 0 heterocycles. The van der Waals surface area contributed by atoms with Crippen LogP contribution in [0.15, 0.2) is 0 Å². The largest absolute Gasteiger partial charge is 0.381 e. The number of unbranched alkanes of at least 4 members (excludes halogenated alkanes) is 3. The molecule has 0 rings (SSSR count). The fourth-order valence-electron chi connectivity index (χ4n) is 1.60. The average molecular weight is 244 g/mol. The molecule has 1 unspecified atom stereocenters. The summed E-state index contributed by atoms with van der Waals surface area (Å²) in [7, 11) is 0. The lowest BCUT2D eigenvalue weighted by molar-refractivity contribution is -0.120. The van der Waals surface area contributed by atoms with Gasteiger partial charge in [0.1, 0.15) is 0 Å². The van der Waals surface area contributed by atoms with E-state index < -0.39 is 0 Å². The molecule has 0 bridgehead atoms. The Labute approximate surface area is 105 Å². The van der Waals surface area contributed by atoms with Gasteiger partial charge in [0.25, 0.3) is 0 Å². The molecule has 0 spiro atoms. The molecular weight excluding hydrogens is 216 g/mol. The molecule has 0 aliphatic rings. The van der Waals surface area contributed by atoms with Gasteiger partial charge in [0.15, 0.2) is 0 Å². The molecule has 0 saturated carbocycles. The van der Waals surface area contributed by atoms with E-state index in [9.17, 15) is 4.79 Å². The molecule has 17 heavy (non-hydrogen) atoms. The van der Waals surface area contributed by atoms with Gasteiger partial charge >= 0.3 is 0 Å². The summed E-state index contributed by atoms with van der Waals surface area (Å²) in [6, 6.07) is -0.245. The summed E-state index contributed by atoms with van der Waals surface area (Å²) in [6.45, 7) is 6.48. The smallest absolute Gasteiger partial charge is 0.234 e. The van der Waals surface area contributed by atoms with Crippen molar-refractivity contribution in [3.8, 4) is 0 Å². The van der Waals surface area contributed by atoms with Crippen LogP contribution in [0.1, 0.15) is 52.4 Å². The Morgan fingerprint density at radius 3 is 2.53 bits per heavy atom. The topological polar surface area (TPSA) is 64.3 Å². The Kier molecular flexibility index (Phi) is 11.4. The third-order valence-electron chi connectivity index (χ3n) is 2.68. The summed E-state index contributed by atoms with van der Waals surface area (Å²) in [5.41, 5.74) is 5.30. The fourth-order valence-corrected chi connectivity index (χ4v) is 1.60. The minimum atomic E-state index is -0.284. The quantitative estimate of drug-likeness (QED) is 0.515. The third-order valence-corrected chi connectivity index (χ3v) is 2.68. The van der Waals surface area contributed by atoms with Gasteiger partial charge in [0, 0.05) is 13.2 Å². The summed E-state index contributed by atoms with van der Waals surface area (Å²) in [4.78, 5) is 11.1. The van der Waals surface area contributed by atoms with Gasteiger partial charge in [-0.1, -0.05) is 33.1 Å². The minimum Gasteiger partial charge on any atom is -0.381 e. The van der Waals surface area contributed by atoms with Gasteiger partial charge in [-0.15, -0.1) is 0 Å². The van der Waals surface area contributed by atoms with Gasteiger partial charge in [-0.2, -0.15) is 0 Å². The zero-order chi connectivity index (χ0) is 12.9. The highest BCUT2D eigenvalue weighted by atomic mass is 16.5. The van der Waals surface area contributed by atoms with Gasteiger partial charge in [-0.25, -0.2) is 0 Å². The predicted octanol–water partition coefficient (Wildman–Crippen LogP) is 1.83. The average Bonchev–Trinajstić information content (AvgIpc) is 2.31. The van der Waals surface area contributed by atoms with Gasteiger partial charge < -0.3 is 15.8 Å². The number of rotatable bonds is 12. The molecule has 4 nitrogen and oxygen atoms in total. The number of hydrogen-bond acceptors (Lipinski definition) is 3. The summed E-state index contributed by atoms with van der Waals surface area (Å²) in [5, 5.41) is 3.13. The van der Waals surface area contributed by atoms with Crippen LogP contribution in [-0.4, -0.2) is 31.7 Å². The zero-order valence-corrected chi connectivity index (χ0v) is 11.3. The van der Waals surface area contributed by atoms with Crippen molar-refractivity contribution in [1.29, 1.82) is 0 Å². The number of primary amides is 1. The monoisotopic (exact) mass is 244 g/mol. The van der Waals surface area contributed by atoms with E-state index >= 15 is 0 Å². The lowest BCUT2D eigenvalue weighted by Crippen LogP contribution is -2.42. The summed E-state index contributed by atoms with van der Waals surface area (Å²) in [6.07, 6.45) is 6.52. The number of amides is 1. The molecule has 0 radical (unpaired) electrons. The highest BCUT2D eigenvalue weighted by Gasteiger charge is 2.13. The standard InChI is InChI=1S/C13H28N2O2/c1-3-5-6-7-10-17-11-8-12(13(14)16)15-9-4-2/h12,15H,3-11H2,1-2H3,(H2,14,16). The highest BCUT2D eigenvalue weighted by molar-refractivity contribution is 5.79. The van der Waals surface area contributed by atoms with E-state index in [2.05, 4.69) is 19.2 Å². The molecule has 102 valence electrons. The first-order chi connectivity index (χ1) is 8.22. The summed E-state index contributed by atoms with van der Waals surface area (Å²) in [5.74, 6) is -0.284. The summed E-state index contributed by atoms with van der Waals surface area (Å²) < 4.78 is 5.49. The zero-order valence-electron chi connectivity index (χ0n) is 11.3. The van der Waals surface area contributed by atoms with Crippen molar-refractivity contribution in [3.63, 3.8) is 0 Å². The maximum atomic E-state index is 11.1. The van der Waals surface area contributed by atoms with Crippen LogP contribution < -0.4 is 11.1 Å². The number of ether oxygens (including phenoxy) is 1. The molecular formula is C13H28N2O2. The van der Waals surface area contributed by atoms with Gasteiger partial charge in [-0.05, 0) is 25.8 Å². The van der Waals surface area contributed by atoms with Crippen LogP contribution in [0.4, 0.5) is 0 Å². The van der Waals surface area contributed by atoms with Gasteiger partial charge in [-0.3, -0.25) is 4.79 Å². The van der Waals surface area contributed by atoms with Crippen molar-refractivity contribution < 1.29 is 9.53 Å². The molecule has 0 fully saturated rings. The van der Waals surface area contributed by atoms with Gasteiger partial charge in [0.05, 0.1) is 6.04 Å². The normalized spacial score (nSPS) is 12.6. The van der Waals surface area contributed by atoms with Crippen LogP contribution in [0, 0.1) is 0 Å². The first kappa shape index (κ1) is 16.4. The number of nitrogens with two attached hydrogens (primary N) is 1. The molecule has 3 N–H and O–H groups in total. The third kappa shape index (κ3) is 10.3. The van der Waals surface area contributed by atoms with Crippen LogP contribution in [0.2, 0.25) is 0 Å². The first-order valence-electron chi connectivity index (χ1n) is 6.82. The second-order valence-corrected chi connectivity index (χ2v) is 4.37. The lowest BCUT2D eigenvalue weighted by Gasteiger charge is -2.14. The Morgan fingerprint density at radius 2 is 1.94 bits per heavy atom. The molecule has 4 heteroatoms. The minimum absolute atomic E-state index is 0.245. The van der Waals surface area contributed by atoms with Crippen molar-refractivity contribution in [2.75, 3.05) is 19.8 Å². The van der Waals surface area contributed by atoms with E-state index in [4.69, 9.17) is 10.5 Å². The van der Waals surface area contributed by atoms with Crippen molar-refractivity contribution in [2.45, 2.75) is 58.4 Å². The van der Waals surface area contributed by atoms with Crippen molar-refractivity contribution in [2.24, 2.45) is 5.73 Å². The Balaban J connectivity index is 3.44. The number of hydrogen-bond donors (Lipinski definition) is 2. The molecule has 0 aliphatic carbocycles. The second kappa shape index (κ2) is 11.9. The molecule has 0 saturated heterocycles. The predicted molar refractivity (Wildman–Crippen MR) is 70.9 cm³/mol. The highest BCUT2D eigenvalue weighted by Crippen LogP contribution is 2.00. The summed E-state index contributed by atoms with van der Waals surface area (Å²) >= 11 is 0. The van der Waals surface area contributed by atoms with Gasteiger partial charge in [0.2, 0.25) is 5.91 Å². The van der Waals surface area contributed by atoms with Crippen LogP contribution >= 0.6 is 0 Å². The van der Waals surface area contributed by atoms with Crippen LogP contribution in [-0.2, 0) is 9.53 Å². The Hall–Kier alpha value is -0.610.